The van der Waals surface area contributed by atoms with Gasteiger partial charge in [-0.1, -0.05) is 26.7 Å². The molecule has 1 aromatic rings. The summed E-state index contributed by atoms with van der Waals surface area (Å²) in [5.74, 6) is 0.753. The molecule has 3 nitrogen and oxygen atoms in total. The van der Waals surface area contributed by atoms with E-state index in [1.807, 2.05) is 0 Å². The zero-order valence-corrected chi connectivity index (χ0v) is 14.8. The number of ether oxygens (including phenoxy) is 1. The SMILES string of the molecule is CCNC(Cc1csc(C)n1)C1(OCC)CCCC(C)C1. The molecule has 1 N–H and O–H groups in total. The van der Waals surface area contributed by atoms with Crippen molar-refractivity contribution in [3.05, 3.63) is 16.1 Å². The Bertz CT molecular complexity index is 430. The summed E-state index contributed by atoms with van der Waals surface area (Å²) in [4.78, 5) is 4.66. The second-order valence-corrected chi connectivity index (χ2v) is 7.43. The van der Waals surface area contributed by atoms with Crippen LogP contribution in [0.25, 0.3) is 0 Å². The highest BCUT2D eigenvalue weighted by atomic mass is 32.1. The maximum absolute atomic E-state index is 6.35. The summed E-state index contributed by atoms with van der Waals surface area (Å²) < 4.78 is 6.35. The van der Waals surface area contributed by atoms with Crippen molar-refractivity contribution >= 4 is 11.3 Å². The van der Waals surface area contributed by atoms with Gasteiger partial charge in [0.15, 0.2) is 0 Å². The molecule has 1 aromatic heterocycles. The third-order valence-electron chi connectivity index (χ3n) is 4.59. The number of thiazole rings is 1. The van der Waals surface area contributed by atoms with Crippen LogP contribution in [0.1, 0.15) is 57.2 Å². The number of hydrogen-bond acceptors (Lipinski definition) is 4. The second-order valence-electron chi connectivity index (χ2n) is 6.37. The van der Waals surface area contributed by atoms with Crippen molar-refractivity contribution in [3.63, 3.8) is 0 Å². The highest BCUT2D eigenvalue weighted by Crippen LogP contribution is 2.38. The van der Waals surface area contributed by atoms with Crippen molar-refractivity contribution in [2.24, 2.45) is 5.92 Å². The summed E-state index contributed by atoms with van der Waals surface area (Å²) in [6, 6.07) is 0.367. The number of aryl methyl sites for hydroxylation is 1. The molecule has 0 radical (unpaired) electrons. The first-order valence-corrected chi connectivity index (χ1v) is 9.26. The summed E-state index contributed by atoms with van der Waals surface area (Å²) in [5, 5.41) is 7.05. The van der Waals surface area contributed by atoms with Crippen LogP contribution in [0.3, 0.4) is 0 Å². The number of nitrogens with one attached hydrogen (secondary N) is 1. The van der Waals surface area contributed by atoms with Crippen LogP contribution in [0.5, 0.6) is 0 Å². The van der Waals surface area contributed by atoms with Crippen LogP contribution in [-0.4, -0.2) is 29.8 Å². The Hall–Kier alpha value is -0.450. The van der Waals surface area contributed by atoms with E-state index in [9.17, 15) is 0 Å². The monoisotopic (exact) mass is 310 g/mol. The largest absolute Gasteiger partial charge is 0.374 e. The van der Waals surface area contributed by atoms with Crippen molar-refractivity contribution in [1.29, 1.82) is 0 Å². The van der Waals surface area contributed by atoms with E-state index in [4.69, 9.17) is 4.74 Å². The molecule has 21 heavy (non-hydrogen) atoms. The molecule has 1 saturated carbocycles. The van der Waals surface area contributed by atoms with Crippen molar-refractivity contribution < 1.29 is 4.74 Å². The number of hydrogen-bond donors (Lipinski definition) is 1. The lowest BCUT2D eigenvalue weighted by Gasteiger charge is -2.45. The van der Waals surface area contributed by atoms with Gasteiger partial charge in [0.05, 0.1) is 16.3 Å². The summed E-state index contributed by atoms with van der Waals surface area (Å²) in [6.45, 7) is 10.5. The van der Waals surface area contributed by atoms with Gasteiger partial charge in [0.25, 0.3) is 0 Å². The fourth-order valence-corrected chi connectivity index (χ4v) is 4.41. The van der Waals surface area contributed by atoms with Crippen LogP contribution in [0.15, 0.2) is 5.38 Å². The molecular weight excluding hydrogens is 280 g/mol. The average Bonchev–Trinajstić information content (AvgIpc) is 2.84. The van der Waals surface area contributed by atoms with Gasteiger partial charge >= 0.3 is 0 Å². The molecule has 1 aliphatic carbocycles. The molecule has 3 atom stereocenters. The average molecular weight is 311 g/mol. The van der Waals surface area contributed by atoms with Gasteiger partial charge in [-0.25, -0.2) is 4.98 Å². The van der Waals surface area contributed by atoms with Crippen LogP contribution < -0.4 is 5.32 Å². The highest BCUT2D eigenvalue weighted by molar-refractivity contribution is 7.09. The third kappa shape index (κ3) is 4.27. The zero-order valence-electron chi connectivity index (χ0n) is 13.9. The predicted molar refractivity (Wildman–Crippen MR) is 90.0 cm³/mol. The molecule has 2 rings (SSSR count). The van der Waals surface area contributed by atoms with E-state index in [1.165, 1.54) is 31.4 Å². The lowest BCUT2D eigenvalue weighted by Crippen LogP contribution is -2.56. The van der Waals surface area contributed by atoms with Gasteiger partial charge in [-0.2, -0.15) is 0 Å². The third-order valence-corrected chi connectivity index (χ3v) is 5.41. The van der Waals surface area contributed by atoms with Gasteiger partial charge in [-0.3, -0.25) is 0 Å². The maximum atomic E-state index is 6.35. The molecule has 1 aliphatic rings. The van der Waals surface area contributed by atoms with Crippen LogP contribution in [-0.2, 0) is 11.2 Å². The molecule has 0 aromatic carbocycles. The molecule has 1 fully saturated rings. The fraction of sp³-hybridized carbons (Fsp3) is 0.824. The molecule has 3 unspecified atom stereocenters. The predicted octanol–water partition coefficient (Wildman–Crippen LogP) is 3.96. The first-order valence-electron chi connectivity index (χ1n) is 8.38. The first kappa shape index (κ1) is 16.9. The zero-order chi connectivity index (χ0) is 15.3. The van der Waals surface area contributed by atoms with Gasteiger partial charge < -0.3 is 10.1 Å². The minimum absolute atomic E-state index is 0.0139. The Morgan fingerprint density at radius 3 is 2.90 bits per heavy atom. The molecule has 1 heterocycles. The molecule has 0 aliphatic heterocycles. The maximum Gasteiger partial charge on any atom is 0.0897 e. The van der Waals surface area contributed by atoms with E-state index >= 15 is 0 Å². The smallest absolute Gasteiger partial charge is 0.0897 e. The van der Waals surface area contributed by atoms with Crippen LogP contribution in [0.2, 0.25) is 0 Å². The Balaban J connectivity index is 2.18. The second kappa shape index (κ2) is 7.70. The standard InChI is InChI=1S/C17H30N2OS/c1-5-18-16(10-15-12-21-14(4)19-15)17(20-6-2)9-7-8-13(3)11-17/h12-13,16,18H,5-11H2,1-4H3. The molecule has 0 saturated heterocycles. The van der Waals surface area contributed by atoms with Crippen molar-refractivity contribution in [1.82, 2.24) is 10.3 Å². The fourth-order valence-electron chi connectivity index (χ4n) is 3.78. The summed E-state index contributed by atoms with van der Waals surface area (Å²) in [5.41, 5.74) is 1.20. The van der Waals surface area contributed by atoms with Crippen LogP contribution in [0.4, 0.5) is 0 Å². The van der Waals surface area contributed by atoms with Crippen molar-refractivity contribution in [2.45, 2.75) is 71.4 Å². The van der Waals surface area contributed by atoms with Crippen LogP contribution in [0, 0.1) is 12.8 Å². The van der Waals surface area contributed by atoms with Gasteiger partial charge in [0.2, 0.25) is 0 Å². The van der Waals surface area contributed by atoms with Gasteiger partial charge in [0.1, 0.15) is 0 Å². The quantitative estimate of drug-likeness (QED) is 0.828. The summed E-state index contributed by atoms with van der Waals surface area (Å²) in [6.07, 6.45) is 5.93. The van der Waals surface area contributed by atoms with Crippen LogP contribution >= 0.6 is 11.3 Å². The van der Waals surface area contributed by atoms with E-state index in [1.54, 1.807) is 11.3 Å². The summed E-state index contributed by atoms with van der Waals surface area (Å²) >= 11 is 1.74. The minimum atomic E-state index is -0.0139. The Kier molecular flexibility index (Phi) is 6.20. The molecule has 0 bridgehead atoms. The topological polar surface area (TPSA) is 34.2 Å². The molecule has 0 amide bonds. The molecular formula is C17H30N2OS. The van der Waals surface area contributed by atoms with Gasteiger partial charge in [-0.15, -0.1) is 11.3 Å². The van der Waals surface area contributed by atoms with Crippen molar-refractivity contribution in [3.8, 4) is 0 Å². The van der Waals surface area contributed by atoms with Gasteiger partial charge in [0, 0.05) is 24.4 Å². The number of nitrogens with zero attached hydrogens (tertiary/aromatic N) is 1. The van der Waals surface area contributed by atoms with E-state index in [0.29, 0.717) is 6.04 Å². The van der Waals surface area contributed by atoms with E-state index in [-0.39, 0.29) is 5.60 Å². The Labute approximate surface area is 133 Å². The molecule has 4 heteroatoms. The van der Waals surface area contributed by atoms with Gasteiger partial charge in [-0.05, 0) is 39.2 Å². The minimum Gasteiger partial charge on any atom is -0.374 e. The lowest BCUT2D eigenvalue weighted by molar-refractivity contribution is -0.1000. The highest BCUT2D eigenvalue weighted by Gasteiger charge is 2.42. The number of aromatic nitrogens is 1. The number of likely N-dealkylation sites (N-methyl/N-ethyl adjacent to an activating group) is 1. The molecule has 120 valence electrons. The van der Waals surface area contributed by atoms with E-state index in [2.05, 4.69) is 43.4 Å². The normalized spacial score (nSPS) is 27.7. The number of rotatable bonds is 7. The lowest BCUT2D eigenvalue weighted by atomic mass is 9.73. The van der Waals surface area contributed by atoms with E-state index in [0.717, 1.165) is 30.5 Å². The Morgan fingerprint density at radius 1 is 1.52 bits per heavy atom. The summed E-state index contributed by atoms with van der Waals surface area (Å²) in [7, 11) is 0. The molecule has 0 spiro atoms. The van der Waals surface area contributed by atoms with Crippen molar-refractivity contribution in [2.75, 3.05) is 13.2 Å². The first-order chi connectivity index (χ1) is 10.1. The Morgan fingerprint density at radius 2 is 2.33 bits per heavy atom. The van der Waals surface area contributed by atoms with E-state index < -0.39 is 0 Å².